The molecule has 0 spiro atoms. The second-order valence-corrected chi connectivity index (χ2v) is 6.58. The van der Waals surface area contributed by atoms with Crippen molar-refractivity contribution < 1.29 is 9.53 Å². The maximum absolute atomic E-state index is 12.5. The molecular weight excluding hydrogens is 296 g/mol. The van der Waals surface area contributed by atoms with Crippen molar-refractivity contribution in [3.05, 3.63) is 35.2 Å². The van der Waals surface area contributed by atoms with E-state index in [0.717, 1.165) is 57.7 Å². The third-order valence-corrected chi connectivity index (χ3v) is 5.14. The minimum Gasteiger partial charge on any atom is -0.497 e. The molecular formula is C17H16N2O2S. The van der Waals surface area contributed by atoms with E-state index < -0.39 is 0 Å². The number of pyridine rings is 1. The summed E-state index contributed by atoms with van der Waals surface area (Å²) in [6.07, 6.45) is 2.22. The van der Waals surface area contributed by atoms with Crippen LogP contribution in [0.3, 0.4) is 0 Å². The maximum atomic E-state index is 12.5. The third kappa shape index (κ3) is 2.22. The Hall–Kier alpha value is -2.14. The van der Waals surface area contributed by atoms with E-state index in [2.05, 4.69) is 11.1 Å². The Bertz CT molecular complexity index is 866. The number of aromatic nitrogens is 1. The number of hydrogen-bond donors (Lipinski definition) is 0. The van der Waals surface area contributed by atoms with E-state index in [9.17, 15) is 4.79 Å². The minimum atomic E-state index is 0.141. The lowest BCUT2D eigenvalue weighted by Gasteiger charge is -2.13. The van der Waals surface area contributed by atoms with E-state index in [1.165, 1.54) is 11.3 Å². The number of rotatable bonds is 2. The van der Waals surface area contributed by atoms with Gasteiger partial charge in [0.1, 0.15) is 10.6 Å². The van der Waals surface area contributed by atoms with Crippen LogP contribution in [-0.4, -0.2) is 36.0 Å². The number of hydrogen-bond acceptors (Lipinski definition) is 4. The first-order valence-corrected chi connectivity index (χ1v) is 8.24. The highest BCUT2D eigenvalue weighted by Gasteiger charge is 2.21. The van der Waals surface area contributed by atoms with Gasteiger partial charge >= 0.3 is 0 Å². The van der Waals surface area contributed by atoms with Crippen molar-refractivity contribution in [2.24, 2.45) is 0 Å². The quantitative estimate of drug-likeness (QED) is 0.724. The summed E-state index contributed by atoms with van der Waals surface area (Å²) in [5, 5.41) is 2.05. The second kappa shape index (κ2) is 5.25. The Morgan fingerprint density at radius 2 is 2.00 bits per heavy atom. The monoisotopic (exact) mass is 312 g/mol. The van der Waals surface area contributed by atoms with Gasteiger partial charge in [0.25, 0.3) is 5.91 Å². The Labute approximate surface area is 132 Å². The molecule has 1 saturated heterocycles. The molecule has 112 valence electrons. The summed E-state index contributed by atoms with van der Waals surface area (Å²) in [7, 11) is 1.66. The van der Waals surface area contributed by atoms with Crippen molar-refractivity contribution >= 4 is 38.4 Å². The van der Waals surface area contributed by atoms with Crippen LogP contribution in [0.15, 0.2) is 30.3 Å². The van der Waals surface area contributed by atoms with Crippen LogP contribution < -0.4 is 4.74 Å². The average molecular weight is 312 g/mol. The molecule has 0 bridgehead atoms. The van der Waals surface area contributed by atoms with Gasteiger partial charge < -0.3 is 9.64 Å². The number of methoxy groups -OCH3 is 1. The van der Waals surface area contributed by atoms with Gasteiger partial charge in [-0.15, -0.1) is 11.3 Å². The molecule has 1 aliphatic rings. The largest absolute Gasteiger partial charge is 0.497 e. The summed E-state index contributed by atoms with van der Waals surface area (Å²) in [4.78, 5) is 20.8. The highest BCUT2D eigenvalue weighted by atomic mass is 32.1. The lowest BCUT2D eigenvalue weighted by atomic mass is 10.2. The van der Waals surface area contributed by atoms with Crippen molar-refractivity contribution in [1.82, 2.24) is 9.88 Å². The molecule has 0 radical (unpaired) electrons. The molecule has 0 unspecified atom stereocenters. The Kier molecular flexibility index (Phi) is 3.22. The van der Waals surface area contributed by atoms with Gasteiger partial charge in [-0.2, -0.15) is 0 Å². The van der Waals surface area contributed by atoms with Crippen LogP contribution in [0.1, 0.15) is 22.5 Å². The number of amides is 1. The normalized spacial score (nSPS) is 14.9. The molecule has 1 amide bonds. The fraction of sp³-hybridized carbons (Fsp3) is 0.294. The maximum Gasteiger partial charge on any atom is 0.264 e. The SMILES string of the molecule is COc1ccc2nc3sc(C(=O)N4CCCC4)cc3cc2c1. The lowest BCUT2D eigenvalue weighted by molar-refractivity contribution is 0.0797. The van der Waals surface area contributed by atoms with Crippen LogP contribution in [-0.2, 0) is 0 Å². The number of ether oxygens (including phenoxy) is 1. The number of fused-ring (bicyclic) bond motifs is 2. The minimum absolute atomic E-state index is 0.141. The highest BCUT2D eigenvalue weighted by Crippen LogP contribution is 2.30. The molecule has 4 rings (SSSR count). The molecule has 0 N–H and O–H groups in total. The molecule has 1 fully saturated rings. The Morgan fingerprint density at radius 3 is 2.77 bits per heavy atom. The first kappa shape index (κ1) is 13.5. The molecule has 3 aromatic rings. The fourth-order valence-corrected chi connectivity index (χ4v) is 3.91. The number of nitrogens with zero attached hydrogens (tertiary/aromatic N) is 2. The van der Waals surface area contributed by atoms with E-state index in [1.54, 1.807) is 7.11 Å². The summed E-state index contributed by atoms with van der Waals surface area (Å²) in [5.41, 5.74) is 0.926. The molecule has 0 saturated carbocycles. The van der Waals surface area contributed by atoms with Crippen LogP contribution in [0.2, 0.25) is 0 Å². The summed E-state index contributed by atoms with van der Waals surface area (Å²) in [6.45, 7) is 1.75. The zero-order valence-electron chi connectivity index (χ0n) is 12.3. The van der Waals surface area contributed by atoms with Crippen molar-refractivity contribution in [1.29, 1.82) is 0 Å². The predicted octanol–water partition coefficient (Wildman–Crippen LogP) is 3.69. The van der Waals surface area contributed by atoms with Gasteiger partial charge in [-0.1, -0.05) is 0 Å². The van der Waals surface area contributed by atoms with Gasteiger partial charge in [0.05, 0.1) is 17.5 Å². The number of carbonyl (C=O) groups is 1. The van der Waals surface area contributed by atoms with Crippen LogP contribution >= 0.6 is 11.3 Å². The van der Waals surface area contributed by atoms with Crippen molar-refractivity contribution in [2.75, 3.05) is 20.2 Å². The van der Waals surface area contributed by atoms with Crippen LogP contribution in [0.5, 0.6) is 5.75 Å². The van der Waals surface area contributed by atoms with Gasteiger partial charge in [-0.3, -0.25) is 4.79 Å². The van der Waals surface area contributed by atoms with Crippen LogP contribution in [0.4, 0.5) is 0 Å². The lowest BCUT2D eigenvalue weighted by Crippen LogP contribution is -2.26. The molecule has 0 atom stereocenters. The average Bonchev–Trinajstić information content (AvgIpc) is 3.20. The first-order valence-electron chi connectivity index (χ1n) is 7.42. The Morgan fingerprint density at radius 1 is 1.18 bits per heavy atom. The van der Waals surface area contributed by atoms with Gasteiger partial charge in [0.15, 0.2) is 0 Å². The summed E-state index contributed by atoms with van der Waals surface area (Å²) in [5.74, 6) is 0.958. The topological polar surface area (TPSA) is 42.4 Å². The van der Waals surface area contributed by atoms with Gasteiger partial charge in [0.2, 0.25) is 0 Å². The Balaban J connectivity index is 1.79. The standard InChI is InChI=1S/C17H16N2O2S/c1-21-13-4-5-14-11(9-13)8-12-10-15(22-16(12)18-14)17(20)19-6-2-3-7-19/h4-5,8-10H,2-3,6-7H2,1H3. The van der Waals surface area contributed by atoms with E-state index in [4.69, 9.17) is 4.74 Å². The van der Waals surface area contributed by atoms with Crippen molar-refractivity contribution in [2.45, 2.75) is 12.8 Å². The third-order valence-electron chi connectivity index (χ3n) is 4.11. The summed E-state index contributed by atoms with van der Waals surface area (Å²) in [6, 6.07) is 9.88. The van der Waals surface area contributed by atoms with Gasteiger partial charge in [-0.05, 0) is 43.2 Å². The van der Waals surface area contributed by atoms with Crippen LogP contribution in [0, 0.1) is 0 Å². The van der Waals surface area contributed by atoms with Crippen molar-refractivity contribution in [3.63, 3.8) is 0 Å². The molecule has 4 nitrogen and oxygen atoms in total. The molecule has 1 aliphatic heterocycles. The zero-order chi connectivity index (χ0) is 15.1. The summed E-state index contributed by atoms with van der Waals surface area (Å²) < 4.78 is 5.26. The molecule has 22 heavy (non-hydrogen) atoms. The van der Waals surface area contributed by atoms with Crippen molar-refractivity contribution in [3.8, 4) is 5.75 Å². The van der Waals surface area contributed by atoms with E-state index in [0.29, 0.717) is 0 Å². The molecule has 5 heteroatoms. The van der Waals surface area contributed by atoms with Gasteiger partial charge in [-0.25, -0.2) is 4.98 Å². The number of likely N-dealkylation sites (tertiary alicyclic amines) is 1. The van der Waals surface area contributed by atoms with E-state index in [1.807, 2.05) is 29.2 Å². The molecule has 3 heterocycles. The molecule has 1 aromatic carbocycles. The number of benzene rings is 1. The predicted molar refractivity (Wildman–Crippen MR) is 88.8 cm³/mol. The van der Waals surface area contributed by atoms with Gasteiger partial charge in [0, 0.05) is 23.9 Å². The highest BCUT2D eigenvalue weighted by molar-refractivity contribution is 7.20. The number of thiophene rings is 1. The first-order chi connectivity index (χ1) is 10.7. The fourth-order valence-electron chi connectivity index (χ4n) is 2.92. The second-order valence-electron chi connectivity index (χ2n) is 5.55. The van der Waals surface area contributed by atoms with E-state index in [-0.39, 0.29) is 5.91 Å². The smallest absolute Gasteiger partial charge is 0.264 e. The van der Waals surface area contributed by atoms with Crippen LogP contribution in [0.25, 0.3) is 21.1 Å². The van der Waals surface area contributed by atoms with E-state index >= 15 is 0 Å². The summed E-state index contributed by atoms with van der Waals surface area (Å²) >= 11 is 1.48. The zero-order valence-corrected chi connectivity index (χ0v) is 13.2. The molecule has 0 aliphatic carbocycles. The molecule has 2 aromatic heterocycles. The number of carbonyl (C=O) groups excluding carboxylic acids is 1.